The number of benzene rings is 3. The molecule has 2 N–H and O–H groups in total. The normalized spacial score (nSPS) is 15.1. The Morgan fingerprint density at radius 1 is 1.00 bits per heavy atom. The van der Waals surface area contributed by atoms with Crippen molar-refractivity contribution in [2.24, 2.45) is 0 Å². The average molecular weight is 397 g/mol. The molecular weight excluding hydrogens is 374 g/mol. The zero-order valence-corrected chi connectivity index (χ0v) is 16.8. The monoisotopic (exact) mass is 397 g/mol. The van der Waals surface area contributed by atoms with Gasteiger partial charge in [0.2, 0.25) is 0 Å². The van der Waals surface area contributed by atoms with Gasteiger partial charge in [-0.3, -0.25) is 9.59 Å². The van der Waals surface area contributed by atoms with Gasteiger partial charge in [-0.1, -0.05) is 24.3 Å². The van der Waals surface area contributed by atoms with Gasteiger partial charge in [-0.15, -0.1) is 0 Å². The summed E-state index contributed by atoms with van der Waals surface area (Å²) in [5, 5.41) is 6.46. The quantitative estimate of drug-likeness (QED) is 0.651. The van der Waals surface area contributed by atoms with Crippen molar-refractivity contribution in [1.29, 1.82) is 0 Å². The molecule has 1 aliphatic heterocycles. The van der Waals surface area contributed by atoms with Crippen molar-refractivity contribution in [3.8, 4) is 0 Å². The number of fused-ring (bicyclic) bond motifs is 1. The molecule has 150 valence electrons. The van der Waals surface area contributed by atoms with Crippen LogP contribution in [0.3, 0.4) is 0 Å². The largest absolute Gasteiger partial charge is 0.355 e. The molecule has 1 aliphatic carbocycles. The molecule has 2 amide bonds. The van der Waals surface area contributed by atoms with Gasteiger partial charge < -0.3 is 15.5 Å². The number of hydrogen-bond donors (Lipinski definition) is 2. The summed E-state index contributed by atoms with van der Waals surface area (Å²) in [5.74, 6) is -0.00345. The summed E-state index contributed by atoms with van der Waals surface area (Å²) in [4.78, 5) is 27.0. The molecule has 1 saturated carbocycles. The lowest BCUT2D eigenvalue weighted by Crippen LogP contribution is -2.25. The van der Waals surface area contributed by atoms with E-state index in [0.29, 0.717) is 18.2 Å². The summed E-state index contributed by atoms with van der Waals surface area (Å²) < 4.78 is 0. The van der Waals surface area contributed by atoms with E-state index in [4.69, 9.17) is 0 Å². The predicted octanol–water partition coefficient (Wildman–Crippen LogP) is 4.79. The molecule has 3 aromatic rings. The third kappa shape index (κ3) is 3.54. The molecule has 0 bridgehead atoms. The van der Waals surface area contributed by atoms with Crippen LogP contribution in [0.2, 0.25) is 0 Å². The molecule has 5 nitrogen and oxygen atoms in total. The smallest absolute Gasteiger partial charge is 0.258 e. The highest BCUT2D eigenvalue weighted by molar-refractivity contribution is 6.10. The van der Waals surface area contributed by atoms with E-state index in [1.54, 1.807) is 4.90 Å². The van der Waals surface area contributed by atoms with Gasteiger partial charge in [-0.2, -0.15) is 0 Å². The molecule has 2 aliphatic rings. The second kappa shape index (κ2) is 7.34. The molecule has 0 saturated heterocycles. The zero-order chi connectivity index (χ0) is 20.7. The van der Waals surface area contributed by atoms with Gasteiger partial charge in [0.05, 0.1) is 6.54 Å². The number of amides is 2. The Morgan fingerprint density at radius 2 is 1.80 bits per heavy atom. The Kier molecular flexibility index (Phi) is 4.51. The van der Waals surface area contributed by atoms with E-state index >= 15 is 0 Å². The molecule has 30 heavy (non-hydrogen) atoms. The molecule has 1 heterocycles. The summed E-state index contributed by atoms with van der Waals surface area (Å²) in [6.45, 7) is 2.56. The minimum absolute atomic E-state index is 0.0256. The number of rotatable bonds is 5. The highest BCUT2D eigenvalue weighted by Gasteiger charge is 2.28. The van der Waals surface area contributed by atoms with Crippen molar-refractivity contribution < 1.29 is 9.59 Å². The number of carbonyl (C=O) groups is 2. The number of nitrogens with one attached hydrogen (secondary N) is 2. The fourth-order valence-electron chi connectivity index (χ4n) is 3.76. The highest BCUT2D eigenvalue weighted by atomic mass is 16.2. The third-order valence-corrected chi connectivity index (χ3v) is 5.67. The maximum absolute atomic E-state index is 12.8. The van der Waals surface area contributed by atoms with Crippen LogP contribution in [-0.2, 0) is 6.54 Å². The second-order valence-corrected chi connectivity index (χ2v) is 8.00. The van der Waals surface area contributed by atoms with E-state index < -0.39 is 0 Å². The Hall–Kier alpha value is -3.60. The van der Waals surface area contributed by atoms with Crippen LogP contribution in [0.4, 0.5) is 17.1 Å². The van der Waals surface area contributed by atoms with Crippen LogP contribution in [0.5, 0.6) is 0 Å². The minimum Gasteiger partial charge on any atom is -0.355 e. The average Bonchev–Trinajstić information content (AvgIpc) is 3.51. The molecule has 3 aromatic carbocycles. The van der Waals surface area contributed by atoms with E-state index in [0.717, 1.165) is 46.6 Å². The van der Waals surface area contributed by atoms with Crippen molar-refractivity contribution in [2.75, 3.05) is 10.2 Å². The first-order chi connectivity index (χ1) is 14.6. The number of carbonyl (C=O) groups excluding carboxylic acids is 2. The fraction of sp³-hybridized carbons (Fsp3) is 0.200. The number of anilines is 3. The summed E-state index contributed by atoms with van der Waals surface area (Å²) >= 11 is 0. The van der Waals surface area contributed by atoms with Crippen LogP contribution in [-0.4, -0.2) is 17.9 Å². The first-order valence-electron chi connectivity index (χ1n) is 10.3. The summed E-state index contributed by atoms with van der Waals surface area (Å²) in [5.41, 5.74) is 6.13. The van der Waals surface area contributed by atoms with Gasteiger partial charge >= 0.3 is 0 Å². The summed E-state index contributed by atoms with van der Waals surface area (Å²) in [6.07, 6.45) is 2.13. The summed E-state index contributed by atoms with van der Waals surface area (Å²) in [7, 11) is 0. The lowest BCUT2D eigenvalue weighted by Gasteiger charge is -2.15. The molecule has 5 heteroatoms. The standard InChI is InChI=1S/C25H23N3O2/c1-16-7-8-17(24(29)27-19-9-10-19)14-23(16)26-20-11-12-22-18(13-20)15-28(25(22)30)21-5-3-2-4-6-21/h2-8,11-14,19,26H,9-10,15H2,1H3,(H,27,29). The van der Waals surface area contributed by atoms with Gasteiger partial charge in [0.1, 0.15) is 0 Å². The van der Waals surface area contributed by atoms with E-state index in [1.165, 1.54) is 0 Å². The molecule has 0 atom stereocenters. The number of nitrogens with zero attached hydrogens (tertiary/aromatic N) is 1. The maximum Gasteiger partial charge on any atom is 0.258 e. The molecule has 0 spiro atoms. The van der Waals surface area contributed by atoms with Crippen LogP contribution in [0.25, 0.3) is 0 Å². The SMILES string of the molecule is Cc1ccc(C(=O)NC2CC2)cc1Nc1ccc2c(c1)CN(c1ccccc1)C2=O. The number of hydrogen-bond acceptors (Lipinski definition) is 3. The molecule has 1 fully saturated rings. The van der Waals surface area contributed by atoms with Crippen LogP contribution in [0.1, 0.15) is 44.7 Å². The van der Waals surface area contributed by atoms with Crippen LogP contribution >= 0.6 is 0 Å². The van der Waals surface area contributed by atoms with Crippen LogP contribution in [0, 0.1) is 6.92 Å². The number of aryl methyl sites for hydroxylation is 1. The minimum atomic E-state index is -0.0291. The van der Waals surface area contributed by atoms with Gasteiger partial charge in [-0.05, 0) is 73.4 Å². The Labute approximate surface area is 175 Å². The topological polar surface area (TPSA) is 61.4 Å². The molecular formula is C25H23N3O2. The molecule has 0 unspecified atom stereocenters. The van der Waals surface area contributed by atoms with Gasteiger partial charge in [0.15, 0.2) is 0 Å². The lowest BCUT2D eigenvalue weighted by molar-refractivity contribution is 0.0949. The van der Waals surface area contributed by atoms with E-state index in [2.05, 4.69) is 10.6 Å². The van der Waals surface area contributed by atoms with Crippen molar-refractivity contribution >= 4 is 28.9 Å². The van der Waals surface area contributed by atoms with E-state index in [9.17, 15) is 9.59 Å². The van der Waals surface area contributed by atoms with Gasteiger partial charge in [0.25, 0.3) is 11.8 Å². The summed E-state index contributed by atoms with van der Waals surface area (Å²) in [6, 6.07) is 21.6. The second-order valence-electron chi connectivity index (χ2n) is 8.00. The van der Waals surface area contributed by atoms with Gasteiger partial charge in [-0.25, -0.2) is 0 Å². The number of para-hydroxylation sites is 1. The zero-order valence-electron chi connectivity index (χ0n) is 16.8. The Morgan fingerprint density at radius 3 is 2.57 bits per heavy atom. The van der Waals surface area contributed by atoms with Crippen molar-refractivity contribution in [3.05, 3.63) is 89.0 Å². The predicted molar refractivity (Wildman–Crippen MR) is 118 cm³/mol. The molecule has 5 rings (SSSR count). The lowest BCUT2D eigenvalue weighted by atomic mass is 10.1. The Bertz CT molecular complexity index is 1140. The van der Waals surface area contributed by atoms with Crippen molar-refractivity contribution in [2.45, 2.75) is 32.4 Å². The maximum atomic E-state index is 12.8. The first-order valence-corrected chi connectivity index (χ1v) is 10.3. The van der Waals surface area contributed by atoms with Crippen molar-refractivity contribution in [3.63, 3.8) is 0 Å². The Balaban J connectivity index is 1.37. The molecule has 0 aromatic heterocycles. The first kappa shape index (κ1) is 18.4. The highest BCUT2D eigenvalue weighted by Crippen LogP contribution is 2.31. The van der Waals surface area contributed by atoms with Crippen LogP contribution < -0.4 is 15.5 Å². The van der Waals surface area contributed by atoms with E-state index in [1.807, 2.05) is 73.7 Å². The fourth-order valence-corrected chi connectivity index (χ4v) is 3.76. The van der Waals surface area contributed by atoms with Gasteiger partial charge in [0, 0.05) is 34.2 Å². The third-order valence-electron chi connectivity index (χ3n) is 5.67. The van der Waals surface area contributed by atoms with Crippen LogP contribution in [0.15, 0.2) is 66.7 Å². The van der Waals surface area contributed by atoms with E-state index in [-0.39, 0.29) is 11.8 Å². The van der Waals surface area contributed by atoms with Crippen molar-refractivity contribution in [1.82, 2.24) is 5.32 Å². The molecule has 0 radical (unpaired) electrons.